The Morgan fingerprint density at radius 2 is 1.68 bits per heavy atom. The van der Waals surface area contributed by atoms with E-state index >= 15 is 0 Å². The number of aliphatic carboxylic acids is 1. The molecule has 3 N–H and O–H groups in total. The quantitative estimate of drug-likeness (QED) is 0.699. The van der Waals surface area contributed by atoms with Crippen LogP contribution in [0.4, 0.5) is 0 Å². The first-order valence-corrected chi connectivity index (χ1v) is 7.15. The monoisotopic (exact) mass is 306 g/mol. The number of nitrogens with one attached hydrogen (secondary N) is 2. The lowest BCUT2D eigenvalue weighted by Gasteiger charge is -2.23. The molecule has 0 fully saturated rings. The normalized spacial score (nSPS) is 13.3. The Kier molecular flexibility index (Phi) is 6.56. The number of carbonyl (C=O) groups is 3. The molecule has 0 aromatic heterocycles. The van der Waals surface area contributed by atoms with Crippen molar-refractivity contribution in [2.24, 2.45) is 5.92 Å². The first-order valence-electron chi connectivity index (χ1n) is 7.15. The molecule has 2 atom stereocenters. The third kappa shape index (κ3) is 5.55. The lowest BCUT2D eigenvalue weighted by Crippen LogP contribution is -2.53. The number of carbonyl (C=O) groups excluding carboxylic acids is 2. The second kappa shape index (κ2) is 8.17. The minimum absolute atomic E-state index is 0.143. The van der Waals surface area contributed by atoms with Gasteiger partial charge in [0.1, 0.15) is 12.1 Å². The predicted octanol–water partition coefficient (Wildman–Crippen LogP) is 0.959. The molecule has 0 bridgehead atoms. The Hall–Kier alpha value is -2.37. The third-order valence-corrected chi connectivity index (χ3v) is 3.21. The lowest BCUT2D eigenvalue weighted by molar-refractivity contribution is -0.142. The van der Waals surface area contributed by atoms with Crippen molar-refractivity contribution in [3.8, 4) is 0 Å². The minimum atomic E-state index is -1.11. The van der Waals surface area contributed by atoms with Gasteiger partial charge in [-0.25, -0.2) is 4.79 Å². The first-order chi connectivity index (χ1) is 10.3. The number of amides is 2. The van der Waals surface area contributed by atoms with E-state index in [2.05, 4.69) is 10.6 Å². The average molecular weight is 306 g/mol. The highest BCUT2D eigenvalue weighted by Gasteiger charge is 2.27. The zero-order valence-corrected chi connectivity index (χ0v) is 13.0. The summed E-state index contributed by atoms with van der Waals surface area (Å²) in [7, 11) is 0. The Morgan fingerprint density at radius 3 is 2.14 bits per heavy atom. The van der Waals surface area contributed by atoms with Gasteiger partial charge in [0.05, 0.1) is 0 Å². The highest BCUT2D eigenvalue weighted by molar-refractivity contribution is 5.90. The maximum atomic E-state index is 12.2. The van der Waals surface area contributed by atoms with Crippen LogP contribution < -0.4 is 10.6 Å². The van der Waals surface area contributed by atoms with Crippen molar-refractivity contribution in [2.45, 2.75) is 39.3 Å². The van der Waals surface area contributed by atoms with E-state index in [4.69, 9.17) is 0 Å². The highest BCUT2D eigenvalue weighted by Crippen LogP contribution is 2.06. The standard InChI is InChI=1S/C16H22N2O4/c1-10(2)14(17-11(3)19)15(20)18-13(16(21)22)9-12-7-5-4-6-8-12/h4-8,10,13-14H,9H2,1-3H3,(H,17,19)(H,18,20)(H,21,22)/t13-,14-/m0/s1. The van der Waals surface area contributed by atoms with E-state index < -0.39 is 24.0 Å². The number of rotatable bonds is 7. The molecule has 0 aliphatic heterocycles. The fourth-order valence-corrected chi connectivity index (χ4v) is 2.07. The maximum absolute atomic E-state index is 12.2. The molecular weight excluding hydrogens is 284 g/mol. The third-order valence-electron chi connectivity index (χ3n) is 3.21. The molecule has 6 heteroatoms. The van der Waals surface area contributed by atoms with E-state index in [1.807, 2.05) is 18.2 Å². The molecule has 120 valence electrons. The number of carboxylic acids is 1. The summed E-state index contributed by atoms with van der Waals surface area (Å²) in [6.07, 6.45) is 0.187. The molecule has 1 aromatic carbocycles. The predicted molar refractivity (Wildman–Crippen MR) is 82.2 cm³/mol. The largest absolute Gasteiger partial charge is 0.480 e. The molecule has 0 spiro atoms. The number of benzene rings is 1. The summed E-state index contributed by atoms with van der Waals surface area (Å²) in [5.41, 5.74) is 0.816. The Balaban J connectivity index is 2.78. The van der Waals surface area contributed by atoms with Crippen LogP contribution in [0.15, 0.2) is 30.3 Å². The summed E-state index contributed by atoms with van der Waals surface area (Å²) in [6.45, 7) is 4.89. The second-order valence-electron chi connectivity index (χ2n) is 5.51. The van der Waals surface area contributed by atoms with Gasteiger partial charge in [0.2, 0.25) is 11.8 Å². The van der Waals surface area contributed by atoms with E-state index in [9.17, 15) is 19.5 Å². The first kappa shape index (κ1) is 17.7. The van der Waals surface area contributed by atoms with Crippen molar-refractivity contribution in [2.75, 3.05) is 0 Å². The molecule has 1 aromatic rings. The molecule has 0 radical (unpaired) electrons. The van der Waals surface area contributed by atoms with Crippen molar-refractivity contribution in [3.05, 3.63) is 35.9 Å². The highest BCUT2D eigenvalue weighted by atomic mass is 16.4. The molecule has 0 aliphatic carbocycles. The van der Waals surface area contributed by atoms with Gasteiger partial charge in [0.25, 0.3) is 0 Å². The topological polar surface area (TPSA) is 95.5 Å². The Bertz CT molecular complexity index is 528. The van der Waals surface area contributed by atoms with Gasteiger partial charge in [0.15, 0.2) is 0 Å². The van der Waals surface area contributed by atoms with Gasteiger partial charge in [-0.15, -0.1) is 0 Å². The average Bonchev–Trinajstić information content (AvgIpc) is 2.44. The molecule has 6 nitrogen and oxygen atoms in total. The van der Waals surface area contributed by atoms with Crippen molar-refractivity contribution in [1.29, 1.82) is 0 Å². The summed E-state index contributed by atoms with van der Waals surface area (Å²) in [5, 5.41) is 14.3. The fraction of sp³-hybridized carbons (Fsp3) is 0.438. The molecule has 22 heavy (non-hydrogen) atoms. The van der Waals surface area contributed by atoms with E-state index in [0.717, 1.165) is 5.56 Å². The summed E-state index contributed by atoms with van der Waals surface area (Å²) in [5.74, 6) is -2.07. The van der Waals surface area contributed by atoms with Gasteiger partial charge in [-0.3, -0.25) is 9.59 Å². The van der Waals surface area contributed by atoms with Gasteiger partial charge in [-0.05, 0) is 11.5 Å². The molecule has 0 unspecified atom stereocenters. The van der Waals surface area contributed by atoms with Gasteiger partial charge in [-0.1, -0.05) is 44.2 Å². The van der Waals surface area contributed by atoms with Crippen LogP contribution in [0, 0.1) is 5.92 Å². The van der Waals surface area contributed by atoms with Crippen LogP contribution in [0.5, 0.6) is 0 Å². The van der Waals surface area contributed by atoms with Crippen molar-refractivity contribution in [1.82, 2.24) is 10.6 Å². The van der Waals surface area contributed by atoms with E-state index in [0.29, 0.717) is 0 Å². The Morgan fingerprint density at radius 1 is 1.09 bits per heavy atom. The van der Waals surface area contributed by atoms with Gasteiger partial charge in [-0.2, -0.15) is 0 Å². The van der Waals surface area contributed by atoms with Crippen molar-refractivity contribution < 1.29 is 19.5 Å². The molecule has 1 rings (SSSR count). The van der Waals surface area contributed by atoms with Crippen LogP contribution in [0.25, 0.3) is 0 Å². The number of hydrogen-bond acceptors (Lipinski definition) is 3. The van der Waals surface area contributed by atoms with Crippen molar-refractivity contribution in [3.63, 3.8) is 0 Å². The number of hydrogen-bond donors (Lipinski definition) is 3. The van der Waals surface area contributed by atoms with Crippen LogP contribution in [0.2, 0.25) is 0 Å². The molecule has 0 saturated carbocycles. The van der Waals surface area contributed by atoms with Crippen molar-refractivity contribution >= 4 is 17.8 Å². The smallest absolute Gasteiger partial charge is 0.326 e. The van der Waals surface area contributed by atoms with Crippen LogP contribution in [-0.2, 0) is 20.8 Å². The summed E-state index contributed by atoms with van der Waals surface area (Å²) in [4.78, 5) is 34.8. The van der Waals surface area contributed by atoms with Crippen LogP contribution in [-0.4, -0.2) is 35.0 Å². The van der Waals surface area contributed by atoms with E-state index in [1.54, 1.807) is 26.0 Å². The molecule has 0 saturated heterocycles. The lowest BCUT2D eigenvalue weighted by atomic mass is 10.0. The zero-order chi connectivity index (χ0) is 16.7. The molecule has 0 aliphatic rings. The summed E-state index contributed by atoms with van der Waals surface area (Å²) < 4.78 is 0. The van der Waals surface area contributed by atoms with Crippen LogP contribution in [0.1, 0.15) is 26.3 Å². The fourth-order valence-electron chi connectivity index (χ4n) is 2.07. The van der Waals surface area contributed by atoms with Gasteiger partial charge in [0, 0.05) is 13.3 Å². The van der Waals surface area contributed by atoms with E-state index in [1.165, 1.54) is 6.92 Å². The number of carboxylic acid groups (broad SMARTS) is 1. The maximum Gasteiger partial charge on any atom is 0.326 e. The molecule has 2 amide bonds. The van der Waals surface area contributed by atoms with Gasteiger partial charge >= 0.3 is 5.97 Å². The van der Waals surface area contributed by atoms with Crippen LogP contribution >= 0.6 is 0 Å². The minimum Gasteiger partial charge on any atom is -0.480 e. The summed E-state index contributed by atoms with van der Waals surface area (Å²) >= 11 is 0. The van der Waals surface area contributed by atoms with Crippen LogP contribution in [0.3, 0.4) is 0 Å². The second-order valence-corrected chi connectivity index (χ2v) is 5.51. The van der Waals surface area contributed by atoms with Gasteiger partial charge < -0.3 is 15.7 Å². The Labute approximate surface area is 129 Å². The summed E-state index contributed by atoms with van der Waals surface area (Å²) in [6, 6.07) is 7.27. The molecular formula is C16H22N2O4. The van der Waals surface area contributed by atoms with E-state index in [-0.39, 0.29) is 18.2 Å². The SMILES string of the molecule is CC(=O)N[C@H](C(=O)N[C@@H](Cc1ccccc1)C(=O)O)C(C)C. The molecule has 0 heterocycles. The zero-order valence-electron chi connectivity index (χ0n) is 13.0.